The van der Waals surface area contributed by atoms with Gasteiger partial charge in [-0.1, -0.05) is 6.07 Å². The van der Waals surface area contributed by atoms with Crippen LogP contribution in [-0.2, 0) is 0 Å². The van der Waals surface area contributed by atoms with Crippen LogP contribution in [0, 0.1) is 5.82 Å². The van der Waals surface area contributed by atoms with Gasteiger partial charge in [-0.25, -0.2) is 4.39 Å². The molecule has 0 saturated heterocycles. The van der Waals surface area contributed by atoms with Gasteiger partial charge < -0.3 is 15.9 Å². The summed E-state index contributed by atoms with van der Waals surface area (Å²) in [5, 5.41) is 17.6. The highest BCUT2D eigenvalue weighted by Crippen LogP contribution is 2.18. The Bertz CT molecular complexity index is 278. The molecule has 0 spiro atoms. The second-order valence-corrected chi connectivity index (χ2v) is 2.48. The van der Waals surface area contributed by atoms with Crippen molar-refractivity contribution < 1.29 is 14.6 Å². The molecule has 0 saturated carbocycles. The van der Waals surface area contributed by atoms with Crippen LogP contribution in [0.25, 0.3) is 0 Å². The van der Waals surface area contributed by atoms with Crippen LogP contribution in [0.15, 0.2) is 18.2 Å². The predicted octanol–water partition coefficient (Wildman–Crippen LogP) is 0.434. The topological polar surface area (TPSA) is 66.5 Å². The van der Waals surface area contributed by atoms with E-state index in [1.165, 1.54) is 12.1 Å². The molecule has 0 aliphatic carbocycles. The summed E-state index contributed by atoms with van der Waals surface area (Å²) in [5.41, 5.74) is 5.64. The Morgan fingerprint density at radius 3 is 2.67 bits per heavy atom. The smallest absolute Gasteiger partial charge is 0.131 e. The maximum absolute atomic E-state index is 12.9. The third-order valence-corrected chi connectivity index (χ3v) is 1.56. The molecule has 0 aliphatic heterocycles. The van der Waals surface area contributed by atoms with Crippen molar-refractivity contribution in [3.05, 3.63) is 29.6 Å². The molecule has 12 heavy (non-hydrogen) atoms. The first kappa shape index (κ1) is 8.96. The van der Waals surface area contributed by atoms with Gasteiger partial charge in [0.1, 0.15) is 11.9 Å². The highest BCUT2D eigenvalue weighted by Gasteiger charge is 2.10. The molecule has 0 fully saturated rings. The molecule has 4 heteroatoms. The zero-order valence-electron chi connectivity index (χ0n) is 6.37. The molecule has 0 aliphatic rings. The van der Waals surface area contributed by atoms with Gasteiger partial charge in [0.05, 0.1) is 6.61 Å². The lowest BCUT2D eigenvalue weighted by molar-refractivity contribution is 0.0926. The Balaban J connectivity index is 3.01. The molecule has 0 bridgehead atoms. The maximum atomic E-state index is 12.9. The summed E-state index contributed by atoms with van der Waals surface area (Å²) in [4.78, 5) is 0. The largest absolute Gasteiger partial charge is 0.399 e. The molecule has 1 aromatic rings. The van der Waals surface area contributed by atoms with E-state index in [1.807, 2.05) is 0 Å². The molecule has 4 N–H and O–H groups in total. The first-order valence-corrected chi connectivity index (χ1v) is 3.49. The number of nitrogen functional groups attached to an aromatic ring is 1. The minimum atomic E-state index is -1.18. The van der Waals surface area contributed by atoms with E-state index in [2.05, 4.69) is 0 Å². The number of hydrogen-bond donors (Lipinski definition) is 3. The Morgan fingerprint density at radius 2 is 2.17 bits per heavy atom. The Hall–Kier alpha value is -1.13. The van der Waals surface area contributed by atoms with Gasteiger partial charge in [0.25, 0.3) is 0 Å². The maximum Gasteiger partial charge on any atom is 0.131 e. The molecule has 0 aromatic heterocycles. The van der Waals surface area contributed by atoms with Crippen LogP contribution in [0.2, 0.25) is 0 Å². The van der Waals surface area contributed by atoms with Crippen molar-refractivity contribution >= 4 is 5.69 Å². The highest BCUT2D eigenvalue weighted by atomic mass is 19.1. The van der Waals surface area contributed by atoms with E-state index in [4.69, 9.17) is 15.9 Å². The fourth-order valence-electron chi connectivity index (χ4n) is 0.912. The van der Waals surface area contributed by atoms with Crippen LogP contribution < -0.4 is 5.73 Å². The van der Waals surface area contributed by atoms with Crippen molar-refractivity contribution in [2.45, 2.75) is 6.10 Å². The van der Waals surface area contributed by atoms with E-state index in [9.17, 15) is 4.39 Å². The lowest BCUT2D eigenvalue weighted by Gasteiger charge is -2.08. The SMILES string of the molecule is Nc1ccc(C(O)CO)c(F)c1. The van der Waals surface area contributed by atoms with Crippen LogP contribution >= 0.6 is 0 Å². The summed E-state index contributed by atoms with van der Waals surface area (Å²) in [5.74, 6) is -0.600. The zero-order valence-corrected chi connectivity index (χ0v) is 6.37. The Kier molecular flexibility index (Phi) is 2.62. The fraction of sp³-hybridized carbons (Fsp3) is 0.250. The molecule has 1 atom stereocenters. The van der Waals surface area contributed by atoms with Crippen LogP contribution in [0.5, 0.6) is 0 Å². The lowest BCUT2D eigenvalue weighted by Crippen LogP contribution is -2.05. The summed E-state index contributed by atoms with van der Waals surface area (Å²) in [7, 11) is 0. The van der Waals surface area contributed by atoms with Gasteiger partial charge in [0, 0.05) is 11.3 Å². The summed E-state index contributed by atoms with van der Waals surface area (Å²) in [6.45, 7) is -0.499. The number of benzene rings is 1. The molecular formula is C8H10FNO2. The molecule has 1 rings (SSSR count). The second-order valence-electron chi connectivity index (χ2n) is 2.48. The third kappa shape index (κ3) is 1.72. The summed E-state index contributed by atoms with van der Waals surface area (Å²) in [6, 6.07) is 3.93. The fourth-order valence-corrected chi connectivity index (χ4v) is 0.912. The van der Waals surface area contributed by atoms with Gasteiger partial charge in [-0.05, 0) is 12.1 Å². The third-order valence-electron chi connectivity index (χ3n) is 1.56. The number of rotatable bonds is 2. The number of aliphatic hydroxyl groups is 2. The first-order chi connectivity index (χ1) is 5.65. The number of halogens is 1. The quantitative estimate of drug-likeness (QED) is 0.565. The lowest BCUT2D eigenvalue weighted by atomic mass is 10.1. The van der Waals surface area contributed by atoms with Crippen LogP contribution in [0.1, 0.15) is 11.7 Å². The molecule has 0 radical (unpaired) electrons. The highest BCUT2D eigenvalue weighted by molar-refractivity contribution is 5.40. The Morgan fingerprint density at radius 1 is 1.50 bits per heavy atom. The van der Waals surface area contributed by atoms with Gasteiger partial charge >= 0.3 is 0 Å². The van der Waals surface area contributed by atoms with Gasteiger partial charge in [-0.2, -0.15) is 0 Å². The molecule has 66 valence electrons. The second kappa shape index (κ2) is 3.51. The average molecular weight is 171 g/mol. The van der Waals surface area contributed by atoms with Gasteiger partial charge in [-0.3, -0.25) is 0 Å². The van der Waals surface area contributed by atoms with Crippen molar-refractivity contribution in [2.24, 2.45) is 0 Å². The van der Waals surface area contributed by atoms with Crippen molar-refractivity contribution in [1.82, 2.24) is 0 Å². The molecular weight excluding hydrogens is 161 g/mol. The average Bonchev–Trinajstić information content (AvgIpc) is 2.03. The monoisotopic (exact) mass is 171 g/mol. The summed E-state index contributed by atoms with van der Waals surface area (Å²) < 4.78 is 12.9. The zero-order chi connectivity index (χ0) is 9.14. The van der Waals surface area contributed by atoms with E-state index in [-0.39, 0.29) is 5.56 Å². The predicted molar refractivity (Wildman–Crippen MR) is 42.9 cm³/mol. The minimum absolute atomic E-state index is 0.0618. The molecule has 3 nitrogen and oxygen atoms in total. The van der Waals surface area contributed by atoms with Crippen LogP contribution in [0.3, 0.4) is 0 Å². The minimum Gasteiger partial charge on any atom is -0.399 e. The number of nitrogens with two attached hydrogens (primary N) is 1. The van der Waals surface area contributed by atoms with Gasteiger partial charge in [0.2, 0.25) is 0 Å². The van der Waals surface area contributed by atoms with Crippen LogP contribution in [0.4, 0.5) is 10.1 Å². The summed E-state index contributed by atoms with van der Waals surface area (Å²) >= 11 is 0. The van der Waals surface area contributed by atoms with E-state index in [0.717, 1.165) is 6.07 Å². The molecule has 0 amide bonds. The van der Waals surface area contributed by atoms with E-state index in [0.29, 0.717) is 5.69 Å². The molecule has 1 aromatic carbocycles. The Labute approximate surface area is 69.3 Å². The number of aliphatic hydroxyl groups excluding tert-OH is 2. The molecule has 0 heterocycles. The van der Waals surface area contributed by atoms with Crippen molar-refractivity contribution in [2.75, 3.05) is 12.3 Å². The van der Waals surface area contributed by atoms with Crippen molar-refractivity contribution in [1.29, 1.82) is 0 Å². The van der Waals surface area contributed by atoms with E-state index in [1.54, 1.807) is 0 Å². The normalized spacial score (nSPS) is 12.9. The van der Waals surface area contributed by atoms with Crippen molar-refractivity contribution in [3.63, 3.8) is 0 Å². The van der Waals surface area contributed by atoms with Crippen molar-refractivity contribution in [3.8, 4) is 0 Å². The van der Waals surface area contributed by atoms with Gasteiger partial charge in [-0.15, -0.1) is 0 Å². The van der Waals surface area contributed by atoms with E-state index >= 15 is 0 Å². The van der Waals surface area contributed by atoms with E-state index < -0.39 is 18.5 Å². The molecule has 1 unspecified atom stereocenters. The standard InChI is InChI=1S/C8H10FNO2/c9-7-3-5(10)1-2-6(7)8(12)4-11/h1-3,8,11-12H,4,10H2. The first-order valence-electron chi connectivity index (χ1n) is 3.49. The van der Waals surface area contributed by atoms with Gasteiger partial charge in [0.15, 0.2) is 0 Å². The van der Waals surface area contributed by atoms with Crippen LogP contribution in [-0.4, -0.2) is 16.8 Å². The number of hydrogen-bond acceptors (Lipinski definition) is 3. The number of anilines is 1. The summed E-state index contributed by atoms with van der Waals surface area (Å²) in [6.07, 6.45) is -1.18.